The highest BCUT2D eigenvalue weighted by atomic mass is 14.8. The maximum atomic E-state index is 9.48. The van der Waals surface area contributed by atoms with Gasteiger partial charge in [-0.05, 0) is 78.3 Å². The molecule has 0 N–H and O–H groups in total. The summed E-state index contributed by atoms with van der Waals surface area (Å²) in [4.78, 5) is 3.38. The van der Waals surface area contributed by atoms with Gasteiger partial charge in [-0.1, -0.05) is 108 Å². The fourth-order valence-corrected chi connectivity index (χ4v) is 4.48. The Labute approximate surface area is 208 Å². The molecule has 0 aromatic heterocycles. The van der Waals surface area contributed by atoms with Crippen molar-refractivity contribution in [3.8, 4) is 0 Å². The summed E-state index contributed by atoms with van der Waals surface area (Å²) in [7, 11) is 0. The number of unbranched alkanes of at least 4 members (excludes halogenated alkanes) is 5. The Balaban J connectivity index is 2.68. The first-order chi connectivity index (χ1) is 16.7. The van der Waals surface area contributed by atoms with Crippen LogP contribution in [0.1, 0.15) is 114 Å². The Morgan fingerprint density at radius 3 is 1.79 bits per heavy atom. The SMILES string of the molecule is CCCCCCC(C(=C=[N+]=[N-])CCCC)=C(c1ccc(CC)cc1)c1ccc(CCCC)cc1. The summed E-state index contributed by atoms with van der Waals surface area (Å²) in [6.07, 6.45) is 13.5. The highest BCUT2D eigenvalue weighted by Gasteiger charge is 2.18. The number of benzene rings is 2. The van der Waals surface area contributed by atoms with E-state index in [0.717, 1.165) is 50.5 Å². The predicted octanol–water partition coefficient (Wildman–Crippen LogP) is 9.38. The third-order valence-corrected chi connectivity index (χ3v) is 6.62. The van der Waals surface area contributed by atoms with Gasteiger partial charge >= 0.3 is 5.87 Å². The lowest BCUT2D eigenvalue weighted by molar-refractivity contribution is 0.00739. The van der Waals surface area contributed by atoms with Crippen molar-refractivity contribution in [1.29, 1.82) is 0 Å². The van der Waals surface area contributed by atoms with Gasteiger partial charge in [0.1, 0.15) is 0 Å². The molecule has 2 aromatic rings. The highest BCUT2D eigenvalue weighted by Crippen LogP contribution is 2.35. The first-order valence-corrected chi connectivity index (χ1v) is 13.6. The minimum Gasteiger partial charge on any atom is -0.348 e. The standard InChI is InChI=1S/C32H44N2/c1-5-9-12-13-16-31(30(25-34-33)15-11-7-3)32(28-21-17-26(8-4)18-22-28)29-23-19-27(20-24-29)14-10-6-2/h17-24H,5-16H2,1-4H3. The van der Waals surface area contributed by atoms with E-state index in [0.29, 0.717) is 0 Å². The van der Waals surface area contributed by atoms with E-state index in [1.807, 2.05) is 0 Å². The van der Waals surface area contributed by atoms with E-state index in [4.69, 9.17) is 0 Å². The third kappa shape index (κ3) is 8.60. The van der Waals surface area contributed by atoms with E-state index in [1.54, 1.807) is 0 Å². The number of hydrogen-bond acceptors (Lipinski definition) is 0. The second kappa shape index (κ2) is 16.0. The maximum Gasteiger partial charge on any atom is 0.303 e. The van der Waals surface area contributed by atoms with Gasteiger partial charge in [0.25, 0.3) is 0 Å². The van der Waals surface area contributed by atoms with Crippen LogP contribution in [0.2, 0.25) is 0 Å². The summed E-state index contributed by atoms with van der Waals surface area (Å²) in [6, 6.07) is 18.2. The lowest BCUT2D eigenvalue weighted by Crippen LogP contribution is -2.01. The lowest BCUT2D eigenvalue weighted by Gasteiger charge is -2.18. The maximum absolute atomic E-state index is 9.48. The van der Waals surface area contributed by atoms with Gasteiger partial charge in [0.05, 0.1) is 5.57 Å². The van der Waals surface area contributed by atoms with Gasteiger partial charge in [0, 0.05) is 0 Å². The molecular weight excluding hydrogens is 412 g/mol. The van der Waals surface area contributed by atoms with Crippen LogP contribution in [-0.2, 0) is 12.8 Å². The van der Waals surface area contributed by atoms with Crippen molar-refractivity contribution in [2.24, 2.45) is 0 Å². The fourth-order valence-electron chi connectivity index (χ4n) is 4.48. The molecule has 0 unspecified atom stereocenters. The summed E-state index contributed by atoms with van der Waals surface area (Å²) in [5.74, 6) is 2.98. The number of hydrogen-bond donors (Lipinski definition) is 0. The molecule has 0 saturated carbocycles. The molecule has 0 amide bonds. The van der Waals surface area contributed by atoms with E-state index in [1.165, 1.54) is 65.5 Å². The molecule has 0 radical (unpaired) electrons. The summed E-state index contributed by atoms with van der Waals surface area (Å²) in [5.41, 5.74) is 18.3. The van der Waals surface area contributed by atoms with Crippen LogP contribution in [0.4, 0.5) is 0 Å². The molecule has 0 heterocycles. The minimum absolute atomic E-state index is 0.884. The molecule has 0 fully saturated rings. The van der Waals surface area contributed by atoms with Crippen molar-refractivity contribution in [3.05, 3.63) is 87.5 Å². The third-order valence-electron chi connectivity index (χ3n) is 6.62. The number of allylic oxidation sites excluding steroid dienone is 2. The monoisotopic (exact) mass is 456 g/mol. The van der Waals surface area contributed by atoms with E-state index in [-0.39, 0.29) is 0 Å². The smallest absolute Gasteiger partial charge is 0.303 e. The van der Waals surface area contributed by atoms with Crippen molar-refractivity contribution in [2.45, 2.75) is 105 Å². The van der Waals surface area contributed by atoms with Gasteiger partial charge in [0.2, 0.25) is 0 Å². The number of rotatable bonds is 15. The molecule has 0 atom stereocenters. The molecule has 2 aromatic carbocycles. The average Bonchev–Trinajstić information content (AvgIpc) is 2.88. The zero-order valence-corrected chi connectivity index (χ0v) is 22.0. The van der Waals surface area contributed by atoms with Crippen molar-refractivity contribution < 1.29 is 4.79 Å². The first-order valence-electron chi connectivity index (χ1n) is 13.6. The topological polar surface area (TPSA) is 36.4 Å². The summed E-state index contributed by atoms with van der Waals surface area (Å²) < 4.78 is 0. The molecule has 2 nitrogen and oxygen atoms in total. The van der Waals surface area contributed by atoms with Crippen LogP contribution in [0, 0.1) is 0 Å². The molecule has 0 aliphatic heterocycles. The molecular formula is C32H44N2. The van der Waals surface area contributed by atoms with Crippen LogP contribution in [0.25, 0.3) is 11.1 Å². The number of aryl methyl sites for hydroxylation is 2. The Hall–Kier alpha value is -2.66. The molecule has 0 saturated heterocycles. The minimum atomic E-state index is 0.884. The van der Waals surface area contributed by atoms with Crippen molar-refractivity contribution >= 4 is 11.4 Å². The van der Waals surface area contributed by atoms with Crippen LogP contribution in [0.15, 0.2) is 59.7 Å². The molecule has 0 aliphatic carbocycles. The zero-order chi connectivity index (χ0) is 24.6. The first kappa shape index (κ1) is 27.6. The molecule has 182 valence electrons. The second-order valence-electron chi connectivity index (χ2n) is 9.31. The van der Waals surface area contributed by atoms with Crippen molar-refractivity contribution in [2.75, 3.05) is 0 Å². The molecule has 0 aliphatic rings. The fraction of sp³-hybridized carbons (Fsp3) is 0.500. The average molecular weight is 457 g/mol. The van der Waals surface area contributed by atoms with E-state index in [2.05, 4.69) is 86.9 Å². The molecule has 2 rings (SSSR count). The highest BCUT2D eigenvalue weighted by molar-refractivity contribution is 5.87. The van der Waals surface area contributed by atoms with Crippen LogP contribution in [0.5, 0.6) is 0 Å². The molecule has 2 heteroatoms. The van der Waals surface area contributed by atoms with E-state index < -0.39 is 0 Å². The Morgan fingerprint density at radius 1 is 0.676 bits per heavy atom. The normalized spacial score (nSPS) is 11.5. The molecule has 34 heavy (non-hydrogen) atoms. The van der Waals surface area contributed by atoms with Crippen molar-refractivity contribution in [3.63, 3.8) is 0 Å². The van der Waals surface area contributed by atoms with Crippen LogP contribution in [0.3, 0.4) is 0 Å². The van der Waals surface area contributed by atoms with Gasteiger partial charge in [-0.25, -0.2) is 0 Å². The number of nitrogens with zero attached hydrogens (tertiary/aromatic N) is 2. The van der Waals surface area contributed by atoms with Gasteiger partial charge in [0.15, 0.2) is 0 Å². The van der Waals surface area contributed by atoms with Crippen molar-refractivity contribution in [1.82, 2.24) is 0 Å². The van der Waals surface area contributed by atoms with E-state index >= 15 is 0 Å². The summed E-state index contributed by atoms with van der Waals surface area (Å²) >= 11 is 0. The Bertz CT molecular complexity index is 967. The van der Waals surface area contributed by atoms with Crippen LogP contribution >= 0.6 is 0 Å². The molecule has 0 spiro atoms. The quantitative estimate of drug-likeness (QED) is 0.0841. The van der Waals surface area contributed by atoms with Gasteiger partial charge in [-0.15, -0.1) is 4.79 Å². The van der Waals surface area contributed by atoms with Gasteiger partial charge in [-0.2, -0.15) is 0 Å². The Kier molecular flexibility index (Phi) is 13.0. The lowest BCUT2D eigenvalue weighted by atomic mass is 9.85. The van der Waals surface area contributed by atoms with E-state index in [9.17, 15) is 5.53 Å². The van der Waals surface area contributed by atoms with Gasteiger partial charge in [-0.3, -0.25) is 0 Å². The Morgan fingerprint density at radius 2 is 1.26 bits per heavy atom. The largest absolute Gasteiger partial charge is 0.348 e. The predicted molar refractivity (Wildman–Crippen MR) is 147 cm³/mol. The summed E-state index contributed by atoms with van der Waals surface area (Å²) in [6.45, 7) is 8.90. The van der Waals surface area contributed by atoms with Gasteiger partial charge < -0.3 is 5.53 Å². The second-order valence-corrected chi connectivity index (χ2v) is 9.31. The molecule has 0 bridgehead atoms. The summed E-state index contributed by atoms with van der Waals surface area (Å²) in [5, 5.41) is 0. The van der Waals surface area contributed by atoms with Crippen LogP contribution in [-0.4, -0.2) is 10.7 Å². The zero-order valence-electron chi connectivity index (χ0n) is 22.0. The van der Waals surface area contributed by atoms with Crippen LogP contribution < -0.4 is 0 Å².